The van der Waals surface area contributed by atoms with Gasteiger partial charge < -0.3 is 14.2 Å². The Morgan fingerprint density at radius 2 is 2.11 bits per heavy atom. The van der Waals surface area contributed by atoms with Gasteiger partial charge in [-0.3, -0.25) is 4.98 Å². The fourth-order valence-electron chi connectivity index (χ4n) is 3.35. The van der Waals surface area contributed by atoms with Crippen molar-refractivity contribution in [3.63, 3.8) is 0 Å². The van der Waals surface area contributed by atoms with E-state index in [1.807, 2.05) is 0 Å². The number of hydrogen-bond acceptors (Lipinski definition) is 7. The molecule has 3 heterocycles. The third-order valence-electron chi connectivity index (χ3n) is 4.73. The van der Waals surface area contributed by atoms with Crippen molar-refractivity contribution in [2.75, 3.05) is 26.8 Å². The van der Waals surface area contributed by atoms with Crippen molar-refractivity contribution in [3.05, 3.63) is 36.2 Å². The van der Waals surface area contributed by atoms with Gasteiger partial charge in [-0.15, -0.1) is 0 Å². The predicted molar refractivity (Wildman–Crippen MR) is 96.6 cm³/mol. The molecular weight excluding hydrogens is 370 g/mol. The number of hydrogen-bond donors (Lipinski definition) is 0. The number of piperidine rings is 1. The van der Waals surface area contributed by atoms with Gasteiger partial charge >= 0.3 is 0 Å². The van der Waals surface area contributed by atoms with Crippen LogP contribution in [0.5, 0.6) is 17.5 Å². The van der Waals surface area contributed by atoms with Crippen molar-refractivity contribution < 1.29 is 22.6 Å². The maximum atomic E-state index is 13.1. The van der Waals surface area contributed by atoms with E-state index in [1.165, 1.54) is 23.8 Å². The molecule has 144 valence electrons. The Bertz CT molecular complexity index is 934. The third-order valence-corrected chi connectivity index (χ3v) is 6.59. The zero-order chi connectivity index (χ0) is 18.9. The zero-order valence-electron chi connectivity index (χ0n) is 15.0. The van der Waals surface area contributed by atoms with E-state index < -0.39 is 10.0 Å². The lowest BCUT2D eigenvalue weighted by atomic mass is 10.1. The molecule has 9 heteroatoms. The summed E-state index contributed by atoms with van der Waals surface area (Å²) in [5, 5.41) is 0. The molecule has 1 fully saturated rings. The van der Waals surface area contributed by atoms with Crippen LogP contribution in [0.15, 0.2) is 35.5 Å². The van der Waals surface area contributed by atoms with Crippen LogP contribution in [-0.4, -0.2) is 55.6 Å². The van der Waals surface area contributed by atoms with Crippen molar-refractivity contribution in [3.8, 4) is 17.5 Å². The molecule has 0 saturated carbocycles. The van der Waals surface area contributed by atoms with Crippen LogP contribution in [0.3, 0.4) is 0 Å². The molecule has 0 amide bonds. The number of rotatable bonds is 5. The lowest BCUT2D eigenvalue weighted by Gasteiger charge is -2.31. The van der Waals surface area contributed by atoms with Crippen molar-refractivity contribution in [1.82, 2.24) is 14.3 Å². The molecular formula is C18H21N3O5S. The van der Waals surface area contributed by atoms with E-state index in [1.54, 1.807) is 18.2 Å². The standard InChI is InChI=1S/C18H21N3O5S/c1-24-17-10-19-11-18(20-17)26-14-3-2-7-21(12-14)27(22,23)15-4-5-16-13(9-15)6-8-25-16/h4-5,9-11,14H,2-3,6-8,12H2,1H3. The fraction of sp³-hybridized carbons (Fsp3) is 0.444. The van der Waals surface area contributed by atoms with Gasteiger partial charge in [-0.05, 0) is 36.6 Å². The highest BCUT2D eigenvalue weighted by atomic mass is 32.2. The summed E-state index contributed by atoms with van der Waals surface area (Å²) in [5.41, 5.74) is 0.938. The van der Waals surface area contributed by atoms with Crippen LogP contribution in [0.25, 0.3) is 0 Å². The van der Waals surface area contributed by atoms with Crippen LogP contribution in [0.4, 0.5) is 0 Å². The van der Waals surface area contributed by atoms with Gasteiger partial charge in [0.05, 0.1) is 37.6 Å². The first-order chi connectivity index (χ1) is 13.1. The summed E-state index contributed by atoms with van der Waals surface area (Å²) in [5.74, 6) is 1.45. The molecule has 0 N–H and O–H groups in total. The minimum absolute atomic E-state index is 0.273. The Morgan fingerprint density at radius 3 is 2.96 bits per heavy atom. The maximum absolute atomic E-state index is 13.1. The minimum Gasteiger partial charge on any atom is -0.493 e. The Morgan fingerprint density at radius 1 is 1.26 bits per heavy atom. The van der Waals surface area contributed by atoms with Crippen molar-refractivity contribution in [2.45, 2.75) is 30.3 Å². The molecule has 2 aliphatic rings. The normalized spacial score (nSPS) is 20.0. The molecule has 8 nitrogen and oxygen atoms in total. The summed E-state index contributed by atoms with van der Waals surface area (Å²) in [6.07, 6.45) is 4.91. The number of methoxy groups -OCH3 is 1. The molecule has 0 radical (unpaired) electrons. The molecule has 27 heavy (non-hydrogen) atoms. The summed E-state index contributed by atoms with van der Waals surface area (Å²) in [6.45, 7) is 1.34. The highest BCUT2D eigenvalue weighted by Crippen LogP contribution is 2.30. The molecule has 1 aromatic heterocycles. The van der Waals surface area contributed by atoms with Gasteiger partial charge in [-0.25, -0.2) is 8.42 Å². The molecule has 4 rings (SSSR count). The summed E-state index contributed by atoms with van der Waals surface area (Å²) in [7, 11) is -2.08. The van der Waals surface area contributed by atoms with Crippen LogP contribution in [0.2, 0.25) is 0 Å². The van der Waals surface area contributed by atoms with Crippen LogP contribution < -0.4 is 14.2 Å². The van der Waals surface area contributed by atoms with E-state index in [0.29, 0.717) is 29.8 Å². The van der Waals surface area contributed by atoms with E-state index in [0.717, 1.165) is 30.6 Å². The van der Waals surface area contributed by atoms with Gasteiger partial charge in [0.15, 0.2) is 0 Å². The van der Waals surface area contributed by atoms with Crippen molar-refractivity contribution in [1.29, 1.82) is 0 Å². The van der Waals surface area contributed by atoms with Crippen molar-refractivity contribution in [2.24, 2.45) is 0 Å². The molecule has 0 aliphatic carbocycles. The Hall–Kier alpha value is -2.39. The molecule has 0 bridgehead atoms. The molecule has 1 atom stereocenters. The monoisotopic (exact) mass is 391 g/mol. The van der Waals surface area contributed by atoms with Crippen LogP contribution in [0.1, 0.15) is 18.4 Å². The van der Waals surface area contributed by atoms with Gasteiger partial charge in [0.1, 0.15) is 11.9 Å². The highest BCUT2D eigenvalue weighted by molar-refractivity contribution is 7.89. The Kier molecular flexibility index (Phi) is 4.88. The van der Waals surface area contributed by atoms with E-state index in [2.05, 4.69) is 9.97 Å². The van der Waals surface area contributed by atoms with E-state index in [-0.39, 0.29) is 12.6 Å². The number of sulfonamides is 1. The average Bonchev–Trinajstić information content (AvgIpc) is 3.16. The summed E-state index contributed by atoms with van der Waals surface area (Å²) < 4.78 is 44.0. The highest BCUT2D eigenvalue weighted by Gasteiger charge is 2.32. The van der Waals surface area contributed by atoms with Crippen LogP contribution in [0, 0.1) is 0 Å². The van der Waals surface area contributed by atoms with E-state index in [9.17, 15) is 8.42 Å². The third kappa shape index (κ3) is 3.70. The van der Waals surface area contributed by atoms with Gasteiger partial charge in [-0.1, -0.05) is 0 Å². The Balaban J connectivity index is 1.50. The van der Waals surface area contributed by atoms with Gasteiger partial charge in [0.25, 0.3) is 0 Å². The largest absolute Gasteiger partial charge is 0.493 e. The first-order valence-electron chi connectivity index (χ1n) is 8.85. The lowest BCUT2D eigenvalue weighted by Crippen LogP contribution is -2.44. The Labute approximate surface area is 158 Å². The predicted octanol–water partition coefficient (Wildman–Crippen LogP) is 1.65. The molecule has 1 unspecified atom stereocenters. The molecule has 2 aliphatic heterocycles. The summed E-state index contributed by atoms with van der Waals surface area (Å²) >= 11 is 0. The van der Waals surface area contributed by atoms with E-state index in [4.69, 9.17) is 14.2 Å². The number of nitrogens with zero attached hydrogens (tertiary/aromatic N) is 3. The van der Waals surface area contributed by atoms with Crippen molar-refractivity contribution >= 4 is 10.0 Å². The first kappa shape index (κ1) is 18.0. The smallest absolute Gasteiger partial charge is 0.243 e. The fourth-order valence-corrected chi connectivity index (χ4v) is 4.91. The number of aromatic nitrogens is 2. The molecule has 1 aromatic carbocycles. The maximum Gasteiger partial charge on any atom is 0.243 e. The molecule has 1 saturated heterocycles. The molecule has 0 spiro atoms. The van der Waals surface area contributed by atoms with E-state index >= 15 is 0 Å². The van der Waals surface area contributed by atoms with Crippen LogP contribution in [-0.2, 0) is 16.4 Å². The first-order valence-corrected chi connectivity index (χ1v) is 10.3. The van der Waals surface area contributed by atoms with Gasteiger partial charge in [0.2, 0.25) is 21.8 Å². The average molecular weight is 391 g/mol. The lowest BCUT2D eigenvalue weighted by molar-refractivity contribution is 0.123. The number of fused-ring (bicyclic) bond motifs is 1. The quantitative estimate of drug-likeness (QED) is 0.765. The second-order valence-corrected chi connectivity index (χ2v) is 8.45. The zero-order valence-corrected chi connectivity index (χ0v) is 15.8. The summed E-state index contributed by atoms with van der Waals surface area (Å²) in [4.78, 5) is 8.49. The SMILES string of the molecule is COc1cncc(OC2CCCN(S(=O)(=O)c3ccc4c(c3)CCO4)C2)n1. The number of ether oxygens (including phenoxy) is 3. The minimum atomic E-state index is -3.58. The second-order valence-electron chi connectivity index (χ2n) is 6.51. The van der Waals surface area contributed by atoms with Gasteiger partial charge in [0, 0.05) is 13.0 Å². The topological polar surface area (TPSA) is 90.9 Å². The number of benzene rings is 1. The van der Waals surface area contributed by atoms with Gasteiger partial charge in [-0.2, -0.15) is 9.29 Å². The molecule has 2 aromatic rings. The van der Waals surface area contributed by atoms with Crippen LogP contribution >= 0.6 is 0 Å². The summed E-state index contributed by atoms with van der Waals surface area (Å²) in [6, 6.07) is 5.06. The second kappa shape index (κ2) is 7.32.